The Morgan fingerprint density at radius 2 is 2.07 bits per heavy atom. The van der Waals surface area contributed by atoms with Crippen LogP contribution in [0, 0.1) is 0 Å². The molecule has 0 radical (unpaired) electrons. The minimum atomic E-state index is 0.820. The molecular formula is C12H17NS. The molecule has 0 fully saturated rings. The number of nitrogen functional groups attached to an aromatic ring is 1. The summed E-state index contributed by atoms with van der Waals surface area (Å²) in [5.74, 6) is 0. The molecule has 0 bridgehead atoms. The van der Waals surface area contributed by atoms with E-state index in [0.29, 0.717) is 0 Å². The molecule has 0 aliphatic carbocycles. The van der Waals surface area contributed by atoms with Gasteiger partial charge in [0.05, 0.1) is 0 Å². The Morgan fingerprint density at radius 1 is 1.43 bits per heavy atom. The lowest BCUT2D eigenvalue weighted by molar-refractivity contribution is 1.62. The molecule has 0 atom stereocenters. The first-order valence-corrected chi connectivity index (χ1v) is 5.56. The molecule has 0 aliphatic rings. The summed E-state index contributed by atoms with van der Waals surface area (Å²) in [6.07, 6.45) is 4.16. The fourth-order valence-electron chi connectivity index (χ4n) is 1.09. The van der Waals surface area contributed by atoms with Crippen LogP contribution in [-0.4, -0.2) is 6.26 Å². The van der Waals surface area contributed by atoms with Gasteiger partial charge in [-0.15, -0.1) is 24.9 Å². The van der Waals surface area contributed by atoms with Crippen LogP contribution in [0.2, 0.25) is 0 Å². The molecule has 0 heterocycles. The summed E-state index contributed by atoms with van der Waals surface area (Å²) >= 11 is 1.74. The second-order valence-corrected chi connectivity index (χ2v) is 3.33. The van der Waals surface area contributed by atoms with Crippen molar-refractivity contribution >= 4 is 22.4 Å². The molecule has 14 heavy (non-hydrogen) atoms. The molecule has 1 nitrogen and oxygen atoms in total. The van der Waals surface area contributed by atoms with Crippen LogP contribution in [0.1, 0.15) is 12.5 Å². The normalized spacial score (nSPS) is 10.3. The Morgan fingerprint density at radius 3 is 2.50 bits per heavy atom. The quantitative estimate of drug-likeness (QED) is 0.589. The van der Waals surface area contributed by atoms with E-state index in [9.17, 15) is 0 Å². The molecular weight excluding hydrogens is 190 g/mol. The Kier molecular flexibility index (Phi) is 6.68. The van der Waals surface area contributed by atoms with Gasteiger partial charge in [-0.05, 0) is 30.9 Å². The fourth-order valence-corrected chi connectivity index (χ4v) is 1.69. The smallest absolute Gasteiger partial charge is 0.0320 e. The highest BCUT2D eigenvalue weighted by molar-refractivity contribution is 8.07. The molecule has 0 saturated carbocycles. The molecule has 0 amide bonds. The molecule has 2 heteroatoms. The highest BCUT2D eigenvalue weighted by Crippen LogP contribution is 2.25. The SMILES string of the molecule is C/C=C(\SC)c1cccc(N)c1.C=C. The summed E-state index contributed by atoms with van der Waals surface area (Å²) < 4.78 is 0. The number of hydrogen-bond donors (Lipinski definition) is 1. The molecule has 1 aromatic carbocycles. The molecule has 76 valence electrons. The van der Waals surface area contributed by atoms with E-state index >= 15 is 0 Å². The van der Waals surface area contributed by atoms with Gasteiger partial charge in [0.1, 0.15) is 0 Å². The first kappa shape index (κ1) is 12.8. The van der Waals surface area contributed by atoms with Gasteiger partial charge in [0.15, 0.2) is 0 Å². The van der Waals surface area contributed by atoms with Gasteiger partial charge in [-0.25, -0.2) is 0 Å². The molecule has 2 N–H and O–H groups in total. The van der Waals surface area contributed by atoms with Gasteiger partial charge in [-0.3, -0.25) is 0 Å². The average Bonchev–Trinajstić information content (AvgIpc) is 2.23. The number of anilines is 1. The van der Waals surface area contributed by atoms with E-state index in [2.05, 4.69) is 31.6 Å². The lowest BCUT2D eigenvalue weighted by Crippen LogP contribution is -1.86. The van der Waals surface area contributed by atoms with E-state index in [4.69, 9.17) is 5.73 Å². The van der Waals surface area contributed by atoms with Gasteiger partial charge >= 0.3 is 0 Å². The van der Waals surface area contributed by atoms with Crippen molar-refractivity contribution in [2.45, 2.75) is 6.92 Å². The first-order chi connectivity index (χ1) is 6.77. The van der Waals surface area contributed by atoms with Crippen molar-refractivity contribution < 1.29 is 0 Å². The fraction of sp³-hybridized carbons (Fsp3) is 0.167. The van der Waals surface area contributed by atoms with E-state index in [1.807, 2.05) is 25.1 Å². The third-order valence-corrected chi connectivity index (χ3v) is 2.56. The second kappa shape index (κ2) is 7.27. The van der Waals surface area contributed by atoms with E-state index in [0.717, 1.165) is 5.69 Å². The van der Waals surface area contributed by atoms with Crippen molar-refractivity contribution in [3.05, 3.63) is 49.1 Å². The zero-order valence-corrected chi connectivity index (χ0v) is 9.60. The lowest BCUT2D eigenvalue weighted by Gasteiger charge is -2.03. The Bertz CT molecular complexity index is 305. The predicted octanol–water partition coefficient (Wildman–Crippen LogP) is 3.79. The van der Waals surface area contributed by atoms with Gasteiger partial charge in [-0.1, -0.05) is 18.2 Å². The molecule has 0 spiro atoms. The highest BCUT2D eigenvalue weighted by Gasteiger charge is 1.97. The van der Waals surface area contributed by atoms with Crippen LogP contribution < -0.4 is 5.73 Å². The Hall–Kier alpha value is -1.15. The van der Waals surface area contributed by atoms with Gasteiger partial charge in [0.2, 0.25) is 0 Å². The number of thioether (sulfide) groups is 1. The lowest BCUT2D eigenvalue weighted by atomic mass is 10.2. The van der Waals surface area contributed by atoms with E-state index < -0.39 is 0 Å². The summed E-state index contributed by atoms with van der Waals surface area (Å²) in [7, 11) is 0. The monoisotopic (exact) mass is 207 g/mol. The van der Waals surface area contributed by atoms with Gasteiger partial charge in [0.25, 0.3) is 0 Å². The third kappa shape index (κ3) is 3.71. The van der Waals surface area contributed by atoms with Crippen molar-refractivity contribution in [1.82, 2.24) is 0 Å². The van der Waals surface area contributed by atoms with Gasteiger partial charge in [0, 0.05) is 10.6 Å². The van der Waals surface area contributed by atoms with E-state index in [1.165, 1.54) is 10.5 Å². The number of nitrogens with two attached hydrogens (primary N) is 1. The summed E-state index contributed by atoms with van der Waals surface area (Å²) in [6, 6.07) is 7.94. The second-order valence-electron chi connectivity index (χ2n) is 2.48. The number of rotatable bonds is 2. The third-order valence-electron chi connectivity index (χ3n) is 1.65. The van der Waals surface area contributed by atoms with Crippen molar-refractivity contribution in [2.24, 2.45) is 0 Å². The van der Waals surface area contributed by atoms with Crippen LogP contribution in [0.5, 0.6) is 0 Å². The standard InChI is InChI=1S/C10H13NS.C2H4/c1-3-10(12-2)8-5-4-6-9(11)7-8;1-2/h3-7H,11H2,1-2H3;1-2H2/b10-3-;. The number of allylic oxidation sites excluding steroid dienone is 1. The highest BCUT2D eigenvalue weighted by atomic mass is 32.2. The molecule has 0 aliphatic heterocycles. The first-order valence-electron chi connectivity index (χ1n) is 4.34. The van der Waals surface area contributed by atoms with Gasteiger partial charge in [-0.2, -0.15) is 0 Å². The van der Waals surface area contributed by atoms with Crippen LogP contribution >= 0.6 is 11.8 Å². The van der Waals surface area contributed by atoms with Crippen LogP contribution in [0.4, 0.5) is 5.69 Å². The molecule has 0 aromatic heterocycles. The van der Waals surface area contributed by atoms with Crippen molar-refractivity contribution in [3.63, 3.8) is 0 Å². The van der Waals surface area contributed by atoms with Crippen LogP contribution in [0.25, 0.3) is 4.91 Å². The van der Waals surface area contributed by atoms with E-state index in [-0.39, 0.29) is 0 Å². The minimum absolute atomic E-state index is 0.820. The zero-order chi connectivity index (χ0) is 11.0. The maximum Gasteiger partial charge on any atom is 0.0320 e. The number of benzene rings is 1. The maximum atomic E-state index is 5.67. The molecule has 0 unspecified atom stereocenters. The topological polar surface area (TPSA) is 26.0 Å². The average molecular weight is 207 g/mol. The Labute approximate surface area is 90.7 Å². The Balaban J connectivity index is 0.000000791. The van der Waals surface area contributed by atoms with Crippen molar-refractivity contribution in [1.29, 1.82) is 0 Å². The van der Waals surface area contributed by atoms with Crippen molar-refractivity contribution in [2.75, 3.05) is 12.0 Å². The van der Waals surface area contributed by atoms with Gasteiger partial charge < -0.3 is 5.73 Å². The maximum absolute atomic E-state index is 5.67. The predicted molar refractivity (Wildman–Crippen MR) is 69.3 cm³/mol. The largest absolute Gasteiger partial charge is 0.399 e. The van der Waals surface area contributed by atoms with Crippen LogP contribution in [-0.2, 0) is 0 Å². The number of hydrogen-bond acceptors (Lipinski definition) is 2. The zero-order valence-electron chi connectivity index (χ0n) is 8.79. The van der Waals surface area contributed by atoms with E-state index in [1.54, 1.807) is 11.8 Å². The minimum Gasteiger partial charge on any atom is -0.399 e. The molecule has 0 saturated heterocycles. The van der Waals surface area contributed by atoms with Crippen LogP contribution in [0.3, 0.4) is 0 Å². The summed E-state index contributed by atoms with van der Waals surface area (Å²) in [5, 5.41) is 0. The van der Waals surface area contributed by atoms with Crippen LogP contribution in [0.15, 0.2) is 43.5 Å². The summed E-state index contributed by atoms with van der Waals surface area (Å²) in [6.45, 7) is 8.04. The molecule has 1 aromatic rings. The molecule has 1 rings (SSSR count). The van der Waals surface area contributed by atoms with Crippen molar-refractivity contribution in [3.8, 4) is 0 Å². The summed E-state index contributed by atoms with van der Waals surface area (Å²) in [4.78, 5) is 1.27. The summed E-state index contributed by atoms with van der Waals surface area (Å²) in [5.41, 5.74) is 7.69.